The van der Waals surface area contributed by atoms with Gasteiger partial charge in [-0.05, 0) is 30.3 Å². The van der Waals surface area contributed by atoms with Gasteiger partial charge in [0.2, 0.25) is 11.2 Å². The number of para-hydroxylation sites is 1. The van der Waals surface area contributed by atoms with Gasteiger partial charge in [-0.1, -0.05) is 12.1 Å². The van der Waals surface area contributed by atoms with Crippen molar-refractivity contribution in [2.45, 2.75) is 0 Å². The molecule has 11 heteroatoms. The Morgan fingerprint density at radius 1 is 1.00 bits per heavy atom. The zero-order valence-corrected chi connectivity index (χ0v) is 18.7. The fourth-order valence-electron chi connectivity index (χ4n) is 2.17. The van der Waals surface area contributed by atoms with E-state index in [-0.39, 0.29) is 81.4 Å². The Hall–Kier alpha value is -0.800. The van der Waals surface area contributed by atoms with Gasteiger partial charge in [0.1, 0.15) is 13.4 Å². The molecule has 0 amide bonds. The molecule has 3 rings (SSSR count). The summed E-state index contributed by atoms with van der Waals surface area (Å²) in [5, 5.41) is 19.0. The minimum absolute atomic E-state index is 0. The van der Waals surface area contributed by atoms with Crippen molar-refractivity contribution in [1.29, 1.82) is 0 Å². The number of aromatic hydroxyl groups is 2. The molecule has 124 valence electrons. The molecule has 26 heavy (non-hydrogen) atoms. The standard InChI is InChI=1S/C15H11O8P.2Na/c16-10-6-5-8(7-11(10)17)14-15(23-24(19,20)21)13(18)9-3-1-2-4-12(9)22-14;;/h1-7,16-17H,(H2,19,20,21);;/q;2*+1/p-2. The predicted molar refractivity (Wildman–Crippen MR) is 79.5 cm³/mol. The van der Waals surface area contributed by atoms with Crippen LogP contribution in [0.2, 0.25) is 0 Å². The van der Waals surface area contributed by atoms with E-state index < -0.39 is 30.5 Å². The minimum Gasteiger partial charge on any atom is -0.780 e. The monoisotopic (exact) mass is 394 g/mol. The molecule has 0 aliphatic carbocycles. The molecule has 0 aliphatic heterocycles. The van der Waals surface area contributed by atoms with Gasteiger partial charge in [-0.2, -0.15) is 0 Å². The van der Waals surface area contributed by atoms with Crippen LogP contribution >= 0.6 is 7.82 Å². The average molecular weight is 394 g/mol. The Bertz CT molecular complexity index is 1040. The van der Waals surface area contributed by atoms with Crippen LogP contribution in [-0.4, -0.2) is 10.2 Å². The number of hydrogen-bond acceptors (Lipinski definition) is 8. The second-order valence-corrected chi connectivity index (χ2v) is 5.90. The predicted octanol–water partition coefficient (Wildman–Crippen LogP) is -4.91. The van der Waals surface area contributed by atoms with Gasteiger partial charge in [-0.25, -0.2) is 0 Å². The van der Waals surface area contributed by atoms with E-state index in [9.17, 15) is 29.4 Å². The Morgan fingerprint density at radius 2 is 1.65 bits per heavy atom. The number of phosphoric acid groups is 1. The first-order valence-electron chi connectivity index (χ1n) is 6.56. The Balaban J connectivity index is 0.00000169. The second kappa shape index (κ2) is 8.93. The first kappa shape index (κ1) is 23.2. The molecular weight excluding hydrogens is 385 g/mol. The van der Waals surface area contributed by atoms with Gasteiger partial charge < -0.3 is 33.5 Å². The molecule has 0 atom stereocenters. The number of phosphoric ester groups is 1. The van der Waals surface area contributed by atoms with E-state index in [2.05, 4.69) is 4.52 Å². The summed E-state index contributed by atoms with van der Waals surface area (Å²) < 4.78 is 20.7. The third-order valence-electron chi connectivity index (χ3n) is 3.20. The normalized spacial score (nSPS) is 10.7. The van der Waals surface area contributed by atoms with E-state index in [4.69, 9.17) is 4.42 Å². The third kappa shape index (κ3) is 4.92. The van der Waals surface area contributed by atoms with E-state index in [0.29, 0.717) is 0 Å². The van der Waals surface area contributed by atoms with Crippen molar-refractivity contribution in [2.75, 3.05) is 0 Å². The van der Waals surface area contributed by atoms with Crippen LogP contribution in [0, 0.1) is 0 Å². The Morgan fingerprint density at radius 3 is 2.27 bits per heavy atom. The molecule has 2 N–H and O–H groups in total. The molecule has 2 aromatic carbocycles. The summed E-state index contributed by atoms with van der Waals surface area (Å²) in [5.74, 6) is -2.13. The maximum absolute atomic E-state index is 12.5. The summed E-state index contributed by atoms with van der Waals surface area (Å²) in [4.78, 5) is 34.4. The van der Waals surface area contributed by atoms with E-state index >= 15 is 0 Å². The first-order chi connectivity index (χ1) is 11.3. The van der Waals surface area contributed by atoms with Crippen LogP contribution in [0.5, 0.6) is 17.2 Å². The van der Waals surface area contributed by atoms with Crippen molar-refractivity contribution >= 4 is 18.8 Å². The van der Waals surface area contributed by atoms with Gasteiger partial charge in [-0.15, -0.1) is 0 Å². The average Bonchev–Trinajstić information content (AvgIpc) is 2.52. The van der Waals surface area contributed by atoms with Crippen LogP contribution in [0.3, 0.4) is 0 Å². The molecule has 0 spiro atoms. The van der Waals surface area contributed by atoms with Gasteiger partial charge in [0.15, 0.2) is 17.3 Å². The van der Waals surface area contributed by atoms with Crippen LogP contribution < -0.4 is 78.9 Å². The fourth-order valence-corrected chi connectivity index (χ4v) is 2.56. The second-order valence-electron chi connectivity index (χ2n) is 4.83. The molecule has 0 saturated heterocycles. The zero-order chi connectivity index (χ0) is 17.5. The van der Waals surface area contributed by atoms with Crippen molar-refractivity contribution in [3.05, 3.63) is 52.7 Å². The molecule has 3 aromatic rings. The van der Waals surface area contributed by atoms with E-state index in [0.717, 1.165) is 12.1 Å². The van der Waals surface area contributed by atoms with Crippen LogP contribution in [0.4, 0.5) is 0 Å². The van der Waals surface area contributed by atoms with E-state index in [1.807, 2.05) is 0 Å². The molecule has 0 bridgehead atoms. The Kier molecular flexibility index (Phi) is 7.98. The van der Waals surface area contributed by atoms with Crippen molar-refractivity contribution in [3.63, 3.8) is 0 Å². The van der Waals surface area contributed by atoms with Crippen LogP contribution in [0.25, 0.3) is 22.3 Å². The summed E-state index contributed by atoms with van der Waals surface area (Å²) in [7, 11) is -5.53. The summed E-state index contributed by atoms with van der Waals surface area (Å²) >= 11 is 0. The largest absolute Gasteiger partial charge is 1.00 e. The Labute approximate surface area is 191 Å². The van der Waals surface area contributed by atoms with Crippen molar-refractivity contribution in [3.8, 4) is 28.6 Å². The van der Waals surface area contributed by atoms with Crippen LogP contribution in [0.15, 0.2) is 51.7 Å². The van der Waals surface area contributed by atoms with Gasteiger partial charge >= 0.3 is 59.1 Å². The zero-order valence-electron chi connectivity index (χ0n) is 13.8. The molecule has 0 radical (unpaired) electrons. The van der Waals surface area contributed by atoms with Crippen molar-refractivity contribution in [1.82, 2.24) is 0 Å². The smallest absolute Gasteiger partial charge is 0.780 e. The summed E-state index contributed by atoms with van der Waals surface area (Å²) in [6, 6.07) is 9.38. The van der Waals surface area contributed by atoms with Gasteiger partial charge in [0, 0.05) is 5.56 Å². The molecular formula is C15H9Na2O8P. The maximum Gasteiger partial charge on any atom is 1.00 e. The number of phenolic OH excluding ortho intramolecular Hbond substituents is 2. The quantitative estimate of drug-likeness (QED) is 0.256. The molecule has 1 aromatic heterocycles. The topological polar surface area (TPSA) is 143 Å². The number of fused-ring (bicyclic) bond motifs is 1. The number of rotatable bonds is 3. The minimum atomic E-state index is -5.53. The first-order valence-corrected chi connectivity index (χ1v) is 8.02. The summed E-state index contributed by atoms with van der Waals surface area (Å²) in [6.45, 7) is 0. The fraction of sp³-hybridized carbons (Fsp3) is 0. The van der Waals surface area contributed by atoms with Gasteiger partial charge in [0.05, 0.1) is 5.39 Å². The molecule has 0 fully saturated rings. The molecule has 0 unspecified atom stereocenters. The summed E-state index contributed by atoms with van der Waals surface area (Å²) in [6.07, 6.45) is 0. The summed E-state index contributed by atoms with van der Waals surface area (Å²) in [5.41, 5.74) is -0.688. The van der Waals surface area contributed by atoms with Gasteiger partial charge in [0.25, 0.3) is 0 Å². The number of hydrogen-bond donors (Lipinski definition) is 2. The van der Waals surface area contributed by atoms with Crippen molar-refractivity contribution < 1.29 is 92.6 Å². The number of benzene rings is 2. The van der Waals surface area contributed by atoms with E-state index in [1.165, 1.54) is 24.3 Å². The van der Waals surface area contributed by atoms with Crippen molar-refractivity contribution in [2.24, 2.45) is 0 Å². The molecule has 0 saturated carbocycles. The van der Waals surface area contributed by atoms with Crippen LogP contribution in [0.1, 0.15) is 0 Å². The third-order valence-corrected chi connectivity index (χ3v) is 3.60. The van der Waals surface area contributed by atoms with E-state index in [1.54, 1.807) is 6.07 Å². The molecule has 1 heterocycles. The molecule has 0 aliphatic rings. The molecule has 8 nitrogen and oxygen atoms in total. The SMILES string of the molecule is O=c1c(OP(=O)([O-])[O-])c(-c2ccc(O)c(O)c2)oc2ccccc12.[Na+].[Na+]. The van der Waals surface area contributed by atoms with Crippen LogP contribution in [-0.2, 0) is 4.57 Å². The maximum atomic E-state index is 12.5. The van der Waals surface area contributed by atoms with Gasteiger partial charge in [-0.3, -0.25) is 4.79 Å². The number of phenols is 2.